The maximum Gasteiger partial charge on any atom is 0.266 e. The molecule has 1 N–H and O–H groups in total. The summed E-state index contributed by atoms with van der Waals surface area (Å²) < 4.78 is 1.77. The molecule has 3 aromatic rings. The fourth-order valence-corrected chi connectivity index (χ4v) is 3.12. The second-order valence-electron chi connectivity index (χ2n) is 7.23. The summed E-state index contributed by atoms with van der Waals surface area (Å²) in [6, 6.07) is 15.6. The standard InChI is InChI=1S/C22H27N3O/c1-5-19(23-14-15(2)3)21-24-20-9-7-6-8-18(20)22(26)25(21)17-12-10-16(4)11-13-17/h6-13,15,19,23H,5,14H2,1-4H3/t19-/m1/s1. The van der Waals surface area contributed by atoms with Crippen molar-refractivity contribution in [1.29, 1.82) is 0 Å². The number of nitrogens with zero attached hydrogens (tertiary/aromatic N) is 2. The van der Waals surface area contributed by atoms with E-state index in [1.54, 1.807) is 4.57 Å². The minimum absolute atomic E-state index is 0.0146. The van der Waals surface area contributed by atoms with Gasteiger partial charge in [-0.15, -0.1) is 0 Å². The molecule has 4 heteroatoms. The largest absolute Gasteiger partial charge is 0.307 e. The third-order valence-corrected chi connectivity index (χ3v) is 4.59. The first-order valence-electron chi connectivity index (χ1n) is 9.33. The van der Waals surface area contributed by atoms with Gasteiger partial charge in [-0.1, -0.05) is 50.6 Å². The van der Waals surface area contributed by atoms with Crippen molar-refractivity contribution in [3.8, 4) is 5.69 Å². The second-order valence-corrected chi connectivity index (χ2v) is 7.23. The average Bonchev–Trinajstić information content (AvgIpc) is 2.63. The van der Waals surface area contributed by atoms with Crippen LogP contribution < -0.4 is 10.9 Å². The smallest absolute Gasteiger partial charge is 0.266 e. The van der Waals surface area contributed by atoms with Crippen molar-refractivity contribution in [2.75, 3.05) is 6.54 Å². The summed E-state index contributed by atoms with van der Waals surface area (Å²) >= 11 is 0. The summed E-state index contributed by atoms with van der Waals surface area (Å²) in [5.41, 5.74) is 2.76. The van der Waals surface area contributed by atoms with E-state index < -0.39 is 0 Å². The van der Waals surface area contributed by atoms with E-state index in [0.717, 1.165) is 30.0 Å². The first kappa shape index (κ1) is 18.3. The number of aromatic nitrogens is 2. The van der Waals surface area contributed by atoms with Gasteiger partial charge in [-0.25, -0.2) is 4.98 Å². The van der Waals surface area contributed by atoms with Gasteiger partial charge in [0.25, 0.3) is 5.56 Å². The molecule has 2 aromatic carbocycles. The molecule has 1 aromatic heterocycles. The molecule has 3 rings (SSSR count). The topological polar surface area (TPSA) is 46.9 Å². The number of rotatable bonds is 6. The van der Waals surface area contributed by atoms with E-state index in [9.17, 15) is 4.79 Å². The number of para-hydroxylation sites is 1. The Bertz CT molecular complexity index is 942. The third-order valence-electron chi connectivity index (χ3n) is 4.59. The van der Waals surface area contributed by atoms with Crippen LogP contribution in [0.4, 0.5) is 0 Å². The predicted octanol–water partition coefficient (Wildman–Crippen LogP) is 4.39. The predicted molar refractivity (Wildman–Crippen MR) is 108 cm³/mol. The highest BCUT2D eigenvalue weighted by Gasteiger charge is 2.19. The Hall–Kier alpha value is -2.46. The molecule has 26 heavy (non-hydrogen) atoms. The quantitative estimate of drug-likeness (QED) is 0.718. The lowest BCUT2D eigenvalue weighted by Gasteiger charge is -2.22. The average molecular weight is 349 g/mol. The van der Waals surface area contributed by atoms with Gasteiger partial charge in [0.2, 0.25) is 0 Å². The van der Waals surface area contributed by atoms with Crippen LogP contribution in [0.25, 0.3) is 16.6 Å². The van der Waals surface area contributed by atoms with E-state index >= 15 is 0 Å². The molecular formula is C22H27N3O. The molecule has 0 aliphatic carbocycles. The fraction of sp³-hybridized carbons (Fsp3) is 0.364. The Kier molecular flexibility index (Phi) is 5.52. The van der Waals surface area contributed by atoms with E-state index in [4.69, 9.17) is 4.98 Å². The van der Waals surface area contributed by atoms with Crippen molar-refractivity contribution in [1.82, 2.24) is 14.9 Å². The van der Waals surface area contributed by atoms with Crippen LogP contribution in [0, 0.1) is 12.8 Å². The van der Waals surface area contributed by atoms with E-state index in [-0.39, 0.29) is 11.6 Å². The summed E-state index contributed by atoms with van der Waals surface area (Å²) in [6.45, 7) is 9.42. The Balaban J connectivity index is 2.23. The molecule has 0 bridgehead atoms. The van der Waals surface area contributed by atoms with Gasteiger partial charge in [-0.2, -0.15) is 0 Å². The Morgan fingerprint density at radius 3 is 2.42 bits per heavy atom. The number of hydrogen-bond donors (Lipinski definition) is 1. The second kappa shape index (κ2) is 7.83. The van der Waals surface area contributed by atoms with Gasteiger partial charge in [0.1, 0.15) is 5.82 Å². The molecule has 1 atom stereocenters. The minimum atomic E-state index is -0.0146. The van der Waals surface area contributed by atoms with Gasteiger partial charge >= 0.3 is 0 Å². The molecule has 0 unspecified atom stereocenters. The maximum absolute atomic E-state index is 13.3. The van der Waals surface area contributed by atoms with Crippen LogP contribution in [0.1, 0.15) is 44.6 Å². The summed E-state index contributed by atoms with van der Waals surface area (Å²) in [4.78, 5) is 18.2. The summed E-state index contributed by atoms with van der Waals surface area (Å²) in [5.74, 6) is 1.31. The highest BCUT2D eigenvalue weighted by atomic mass is 16.1. The third kappa shape index (κ3) is 3.70. The number of benzene rings is 2. The Morgan fingerprint density at radius 2 is 1.77 bits per heavy atom. The highest BCUT2D eigenvalue weighted by molar-refractivity contribution is 5.77. The zero-order valence-corrected chi connectivity index (χ0v) is 16.0. The molecule has 136 valence electrons. The first-order valence-corrected chi connectivity index (χ1v) is 9.33. The van der Waals surface area contributed by atoms with Crippen LogP contribution >= 0.6 is 0 Å². The van der Waals surface area contributed by atoms with Gasteiger partial charge in [0.05, 0.1) is 22.6 Å². The zero-order chi connectivity index (χ0) is 18.7. The number of fused-ring (bicyclic) bond motifs is 1. The molecule has 0 saturated carbocycles. The summed E-state index contributed by atoms with van der Waals surface area (Å²) in [6.07, 6.45) is 0.864. The molecular weight excluding hydrogens is 322 g/mol. The molecule has 0 aliphatic heterocycles. The lowest BCUT2D eigenvalue weighted by atomic mass is 10.1. The Morgan fingerprint density at radius 1 is 1.08 bits per heavy atom. The van der Waals surface area contributed by atoms with Crippen LogP contribution in [0.3, 0.4) is 0 Å². The Labute approximate surface area is 154 Å². The van der Waals surface area contributed by atoms with E-state index in [1.807, 2.05) is 55.5 Å². The van der Waals surface area contributed by atoms with Crippen molar-refractivity contribution in [3.63, 3.8) is 0 Å². The van der Waals surface area contributed by atoms with Gasteiger partial charge < -0.3 is 5.32 Å². The molecule has 0 fully saturated rings. The number of aryl methyl sites for hydroxylation is 1. The van der Waals surface area contributed by atoms with E-state index in [2.05, 4.69) is 26.1 Å². The molecule has 4 nitrogen and oxygen atoms in total. The van der Waals surface area contributed by atoms with Crippen LogP contribution in [0.15, 0.2) is 53.3 Å². The fourth-order valence-electron chi connectivity index (χ4n) is 3.12. The molecule has 1 heterocycles. The van der Waals surface area contributed by atoms with Crippen LogP contribution in [-0.4, -0.2) is 16.1 Å². The zero-order valence-electron chi connectivity index (χ0n) is 16.0. The molecule has 0 amide bonds. The molecule has 0 aliphatic rings. The van der Waals surface area contributed by atoms with Crippen molar-refractivity contribution in [2.24, 2.45) is 5.92 Å². The van der Waals surface area contributed by atoms with Crippen molar-refractivity contribution >= 4 is 10.9 Å². The van der Waals surface area contributed by atoms with Crippen LogP contribution in [-0.2, 0) is 0 Å². The maximum atomic E-state index is 13.3. The first-order chi connectivity index (χ1) is 12.5. The lowest BCUT2D eigenvalue weighted by molar-refractivity contribution is 0.442. The summed E-state index contributed by atoms with van der Waals surface area (Å²) in [5, 5.41) is 4.23. The lowest BCUT2D eigenvalue weighted by Crippen LogP contribution is -2.32. The number of hydrogen-bond acceptors (Lipinski definition) is 3. The summed E-state index contributed by atoms with van der Waals surface area (Å²) in [7, 11) is 0. The van der Waals surface area contributed by atoms with Gasteiger partial charge in [0, 0.05) is 0 Å². The van der Waals surface area contributed by atoms with Crippen LogP contribution in [0.5, 0.6) is 0 Å². The number of nitrogens with one attached hydrogen (secondary N) is 1. The molecule has 0 saturated heterocycles. The highest BCUT2D eigenvalue weighted by Crippen LogP contribution is 2.21. The van der Waals surface area contributed by atoms with E-state index in [1.165, 1.54) is 5.56 Å². The SMILES string of the molecule is CC[C@@H](NCC(C)C)c1nc2ccccc2c(=O)n1-c1ccc(C)cc1. The van der Waals surface area contributed by atoms with Gasteiger partial charge in [-0.05, 0) is 50.1 Å². The van der Waals surface area contributed by atoms with Gasteiger partial charge in [-0.3, -0.25) is 9.36 Å². The molecule has 0 radical (unpaired) electrons. The normalized spacial score (nSPS) is 12.7. The monoisotopic (exact) mass is 349 g/mol. The van der Waals surface area contributed by atoms with Crippen molar-refractivity contribution in [3.05, 3.63) is 70.3 Å². The van der Waals surface area contributed by atoms with Crippen LogP contribution in [0.2, 0.25) is 0 Å². The van der Waals surface area contributed by atoms with Crippen molar-refractivity contribution in [2.45, 2.75) is 40.2 Å². The van der Waals surface area contributed by atoms with Gasteiger partial charge in [0.15, 0.2) is 0 Å². The van der Waals surface area contributed by atoms with E-state index in [0.29, 0.717) is 11.3 Å². The molecule has 0 spiro atoms. The minimum Gasteiger partial charge on any atom is -0.307 e. The van der Waals surface area contributed by atoms with Crippen molar-refractivity contribution < 1.29 is 0 Å².